The smallest absolute Gasteiger partial charge is 0.404 e. The molecule has 0 aliphatic carbocycles. The van der Waals surface area contributed by atoms with E-state index in [0.29, 0.717) is 5.52 Å². The second-order valence-corrected chi connectivity index (χ2v) is 7.12. The molecule has 3 aromatic heterocycles. The number of carbonyl (C=O) groups is 1. The lowest BCUT2D eigenvalue weighted by atomic mass is 10.1. The molecule has 0 aliphatic heterocycles. The number of aromatic nitrogens is 4. The summed E-state index contributed by atoms with van der Waals surface area (Å²) in [5, 5.41) is 6.65. The first-order valence-electron chi connectivity index (χ1n) is 9.27. The predicted molar refractivity (Wildman–Crippen MR) is 106 cm³/mol. The number of carbonyl (C=O) groups excluding carboxylic acids is 1. The number of pyridine rings is 1. The van der Waals surface area contributed by atoms with Crippen molar-refractivity contribution in [2.24, 2.45) is 0 Å². The molecule has 4 rings (SSSR count). The number of hydrogen-bond acceptors (Lipinski definition) is 6. The van der Waals surface area contributed by atoms with Gasteiger partial charge in [0.15, 0.2) is 0 Å². The highest BCUT2D eigenvalue weighted by atomic mass is 19.4. The fraction of sp³-hybridized carbons (Fsp3) is 0.250. The number of fused-ring (bicyclic) bond motifs is 2. The average molecular weight is 431 g/mol. The Labute approximate surface area is 172 Å². The van der Waals surface area contributed by atoms with Crippen LogP contribution in [0.4, 0.5) is 19.2 Å². The van der Waals surface area contributed by atoms with Crippen LogP contribution in [0, 0.1) is 0 Å². The zero-order chi connectivity index (χ0) is 22.3. The summed E-state index contributed by atoms with van der Waals surface area (Å²) in [6.45, 7) is 3.43. The standard InChI is InChI=1S/C20H16F3N5O3/c1-10(2)28-15-8-11(20(21,22)23)5-6-12(15)17(30)14(27-28)9-16(29)26-19-25-13-4-3-7-24-18(13)31-19/h3-8,10H,9H2,1-2H3,(H,25,26,29). The summed E-state index contributed by atoms with van der Waals surface area (Å²) >= 11 is 0. The molecule has 0 bridgehead atoms. The van der Waals surface area contributed by atoms with Gasteiger partial charge in [-0.05, 0) is 44.2 Å². The normalized spacial score (nSPS) is 12.1. The van der Waals surface area contributed by atoms with Crippen molar-refractivity contribution in [3.8, 4) is 0 Å². The van der Waals surface area contributed by atoms with E-state index in [1.807, 2.05) is 0 Å². The van der Waals surface area contributed by atoms with Gasteiger partial charge in [0.05, 0.1) is 17.5 Å². The minimum atomic E-state index is -4.56. The number of anilines is 1. The average Bonchev–Trinajstić information content (AvgIpc) is 3.10. The number of alkyl halides is 3. The summed E-state index contributed by atoms with van der Waals surface area (Å²) in [5.74, 6) is -0.613. The number of oxazole rings is 1. The molecule has 4 aromatic rings. The molecule has 0 saturated heterocycles. The van der Waals surface area contributed by atoms with Crippen molar-refractivity contribution in [2.75, 3.05) is 5.32 Å². The van der Waals surface area contributed by atoms with E-state index in [9.17, 15) is 22.8 Å². The summed E-state index contributed by atoms with van der Waals surface area (Å²) in [5.41, 5.74) is -0.870. The van der Waals surface area contributed by atoms with Crippen LogP contribution in [0.1, 0.15) is 31.1 Å². The Morgan fingerprint density at radius 2 is 2.03 bits per heavy atom. The third kappa shape index (κ3) is 3.98. The van der Waals surface area contributed by atoms with E-state index in [0.717, 1.165) is 18.2 Å². The molecule has 11 heteroatoms. The first kappa shape index (κ1) is 20.5. The Morgan fingerprint density at radius 3 is 2.71 bits per heavy atom. The highest BCUT2D eigenvalue weighted by Gasteiger charge is 2.31. The van der Waals surface area contributed by atoms with Gasteiger partial charge in [0.1, 0.15) is 11.2 Å². The topological polar surface area (TPSA) is 103 Å². The third-order valence-electron chi connectivity index (χ3n) is 4.54. The Kier molecular flexibility index (Phi) is 4.96. The lowest BCUT2D eigenvalue weighted by Gasteiger charge is -2.16. The molecule has 0 aliphatic rings. The number of rotatable bonds is 4. The minimum Gasteiger partial charge on any atom is -0.404 e. The van der Waals surface area contributed by atoms with Crippen LogP contribution in [0.3, 0.4) is 0 Å². The minimum absolute atomic E-state index is 0.0454. The van der Waals surface area contributed by atoms with Crippen molar-refractivity contribution in [1.29, 1.82) is 0 Å². The Bertz CT molecular complexity index is 1320. The van der Waals surface area contributed by atoms with E-state index in [-0.39, 0.29) is 34.4 Å². The third-order valence-corrected chi connectivity index (χ3v) is 4.54. The van der Waals surface area contributed by atoms with Gasteiger partial charge >= 0.3 is 12.2 Å². The van der Waals surface area contributed by atoms with Gasteiger partial charge in [-0.1, -0.05) is 0 Å². The van der Waals surface area contributed by atoms with Gasteiger partial charge in [0, 0.05) is 17.6 Å². The molecule has 0 unspecified atom stereocenters. The number of hydrogen-bond donors (Lipinski definition) is 1. The lowest BCUT2D eigenvalue weighted by molar-refractivity contribution is -0.137. The number of nitrogens with one attached hydrogen (secondary N) is 1. The largest absolute Gasteiger partial charge is 0.416 e. The highest BCUT2D eigenvalue weighted by molar-refractivity contribution is 5.91. The molecule has 3 heterocycles. The van der Waals surface area contributed by atoms with E-state index < -0.39 is 29.5 Å². The van der Waals surface area contributed by atoms with Crippen LogP contribution >= 0.6 is 0 Å². The highest BCUT2D eigenvalue weighted by Crippen LogP contribution is 2.31. The van der Waals surface area contributed by atoms with E-state index in [2.05, 4.69) is 20.4 Å². The molecule has 8 nitrogen and oxygen atoms in total. The van der Waals surface area contributed by atoms with Gasteiger partial charge in [-0.25, -0.2) is 4.98 Å². The van der Waals surface area contributed by atoms with Gasteiger partial charge in [-0.3, -0.25) is 19.6 Å². The van der Waals surface area contributed by atoms with Gasteiger partial charge in [-0.2, -0.15) is 23.3 Å². The van der Waals surface area contributed by atoms with Crippen molar-refractivity contribution in [2.45, 2.75) is 32.5 Å². The van der Waals surface area contributed by atoms with E-state index in [1.54, 1.807) is 26.0 Å². The molecule has 1 aromatic carbocycles. The first-order valence-corrected chi connectivity index (χ1v) is 9.27. The van der Waals surface area contributed by atoms with Crippen molar-refractivity contribution in [3.63, 3.8) is 0 Å². The van der Waals surface area contributed by atoms with Crippen molar-refractivity contribution in [3.05, 3.63) is 58.0 Å². The number of amides is 1. The molecule has 0 fully saturated rings. The molecule has 31 heavy (non-hydrogen) atoms. The molecule has 0 atom stereocenters. The summed E-state index contributed by atoms with van der Waals surface area (Å²) in [7, 11) is 0. The monoisotopic (exact) mass is 431 g/mol. The molecule has 160 valence electrons. The number of benzene rings is 1. The van der Waals surface area contributed by atoms with Gasteiger partial charge in [-0.15, -0.1) is 0 Å². The molecular formula is C20H16F3N5O3. The maximum absolute atomic E-state index is 13.1. The zero-order valence-corrected chi connectivity index (χ0v) is 16.4. The fourth-order valence-electron chi connectivity index (χ4n) is 3.12. The first-order chi connectivity index (χ1) is 14.6. The summed E-state index contributed by atoms with van der Waals surface area (Å²) < 4.78 is 45.9. The second kappa shape index (κ2) is 7.49. The Balaban J connectivity index is 1.69. The summed E-state index contributed by atoms with van der Waals surface area (Å²) in [4.78, 5) is 33.3. The molecule has 1 amide bonds. The second-order valence-electron chi connectivity index (χ2n) is 7.12. The molecule has 0 spiro atoms. The molecule has 1 N–H and O–H groups in total. The van der Waals surface area contributed by atoms with Crippen molar-refractivity contribution < 1.29 is 22.4 Å². The zero-order valence-electron chi connectivity index (χ0n) is 16.4. The molecular weight excluding hydrogens is 415 g/mol. The Hall–Kier alpha value is -3.76. The van der Waals surface area contributed by atoms with E-state index in [1.165, 1.54) is 10.9 Å². The summed E-state index contributed by atoms with van der Waals surface area (Å²) in [6.07, 6.45) is -3.45. The van der Waals surface area contributed by atoms with Crippen LogP contribution in [0.15, 0.2) is 45.7 Å². The van der Waals surface area contributed by atoms with Crippen molar-refractivity contribution >= 4 is 34.1 Å². The van der Waals surface area contributed by atoms with Crippen LogP contribution in [0.5, 0.6) is 0 Å². The quantitative estimate of drug-likeness (QED) is 0.528. The van der Waals surface area contributed by atoms with Gasteiger partial charge < -0.3 is 4.42 Å². The SMILES string of the molecule is CC(C)n1nc(CC(=O)Nc2nc3cccnc3o2)c(=O)c2ccc(C(F)(F)F)cc21. The van der Waals surface area contributed by atoms with Gasteiger partial charge in [0.25, 0.3) is 0 Å². The predicted octanol–water partition coefficient (Wildman–Crippen LogP) is 3.71. The Morgan fingerprint density at radius 1 is 1.26 bits per heavy atom. The van der Waals surface area contributed by atoms with Crippen molar-refractivity contribution in [1.82, 2.24) is 19.7 Å². The molecule has 0 saturated carbocycles. The maximum Gasteiger partial charge on any atom is 0.416 e. The number of nitrogens with zero attached hydrogens (tertiary/aromatic N) is 4. The number of halogens is 3. The van der Waals surface area contributed by atoms with Crippen LogP contribution in [-0.4, -0.2) is 25.7 Å². The lowest BCUT2D eigenvalue weighted by Crippen LogP contribution is -2.25. The van der Waals surface area contributed by atoms with Crippen LogP contribution in [0.2, 0.25) is 0 Å². The molecule has 0 radical (unpaired) electrons. The fourth-order valence-corrected chi connectivity index (χ4v) is 3.12. The maximum atomic E-state index is 13.1. The summed E-state index contributed by atoms with van der Waals surface area (Å²) in [6, 6.07) is 5.71. The van der Waals surface area contributed by atoms with Crippen LogP contribution < -0.4 is 10.7 Å². The van der Waals surface area contributed by atoms with Gasteiger partial charge in [0.2, 0.25) is 17.0 Å². The van der Waals surface area contributed by atoms with Crippen LogP contribution in [-0.2, 0) is 17.4 Å². The van der Waals surface area contributed by atoms with Crippen LogP contribution in [0.25, 0.3) is 22.1 Å². The van der Waals surface area contributed by atoms with E-state index >= 15 is 0 Å². The van der Waals surface area contributed by atoms with E-state index in [4.69, 9.17) is 4.42 Å².